The van der Waals surface area contributed by atoms with Crippen LogP contribution in [-0.2, 0) is 0 Å². The predicted octanol–water partition coefficient (Wildman–Crippen LogP) is 2.74. The lowest BCUT2D eigenvalue weighted by Gasteiger charge is -1.97. The zero-order valence-electron chi connectivity index (χ0n) is 6.30. The van der Waals surface area contributed by atoms with E-state index in [1.807, 2.05) is 13.8 Å². The van der Waals surface area contributed by atoms with Gasteiger partial charge in [-0.3, -0.25) is 4.79 Å². The van der Waals surface area contributed by atoms with Crippen molar-refractivity contribution in [2.24, 2.45) is 5.92 Å². The van der Waals surface area contributed by atoms with E-state index in [0.29, 0.717) is 5.01 Å². The number of carbonyl (C=O) groups is 1. The molecule has 0 atom stereocenters. The minimum Gasteiger partial charge on any atom is -0.291 e. The van der Waals surface area contributed by atoms with E-state index >= 15 is 0 Å². The number of hydrogen-bond acceptors (Lipinski definition) is 3. The number of rotatable bonds is 2. The Morgan fingerprint density at radius 3 is 2.73 bits per heavy atom. The molecular weight excluding hydrogens is 226 g/mol. The number of hydrogen-bond donors (Lipinski definition) is 0. The maximum Gasteiger partial charge on any atom is 0.193 e. The Morgan fingerprint density at radius 2 is 2.36 bits per heavy atom. The summed E-state index contributed by atoms with van der Waals surface area (Å²) in [4.78, 5) is 15.2. The van der Waals surface area contributed by atoms with Crippen LogP contribution in [-0.4, -0.2) is 10.8 Å². The fourth-order valence-corrected chi connectivity index (χ4v) is 1.91. The first-order chi connectivity index (χ1) is 5.11. The maximum atomic E-state index is 11.3. The molecular formula is C7H8BrNOS. The van der Waals surface area contributed by atoms with E-state index < -0.39 is 0 Å². The van der Waals surface area contributed by atoms with Crippen molar-refractivity contribution in [3.05, 3.63) is 15.0 Å². The largest absolute Gasteiger partial charge is 0.291 e. The van der Waals surface area contributed by atoms with Gasteiger partial charge in [0.05, 0.1) is 9.98 Å². The zero-order valence-corrected chi connectivity index (χ0v) is 8.70. The van der Waals surface area contributed by atoms with Crippen LogP contribution in [0.15, 0.2) is 9.98 Å². The molecule has 0 aliphatic carbocycles. The van der Waals surface area contributed by atoms with Gasteiger partial charge in [-0.25, -0.2) is 4.98 Å². The highest BCUT2D eigenvalue weighted by Crippen LogP contribution is 2.21. The Labute approximate surface area is 77.8 Å². The van der Waals surface area contributed by atoms with Crippen molar-refractivity contribution in [3.8, 4) is 0 Å². The summed E-state index contributed by atoms with van der Waals surface area (Å²) in [6.45, 7) is 3.75. The van der Waals surface area contributed by atoms with Crippen molar-refractivity contribution in [2.75, 3.05) is 0 Å². The van der Waals surface area contributed by atoms with Crippen LogP contribution in [0.1, 0.15) is 23.6 Å². The molecule has 0 radical (unpaired) electrons. The molecule has 0 unspecified atom stereocenters. The third-order valence-corrected chi connectivity index (χ3v) is 2.70. The van der Waals surface area contributed by atoms with Crippen molar-refractivity contribution in [1.29, 1.82) is 0 Å². The first-order valence-corrected chi connectivity index (χ1v) is 4.87. The minimum absolute atomic E-state index is 0.0352. The van der Waals surface area contributed by atoms with Crippen LogP contribution < -0.4 is 0 Å². The second kappa shape index (κ2) is 3.45. The van der Waals surface area contributed by atoms with E-state index in [1.165, 1.54) is 11.3 Å². The van der Waals surface area contributed by atoms with Crippen LogP contribution in [0.4, 0.5) is 0 Å². The van der Waals surface area contributed by atoms with E-state index in [4.69, 9.17) is 0 Å². The van der Waals surface area contributed by atoms with Gasteiger partial charge in [-0.2, -0.15) is 0 Å². The van der Waals surface area contributed by atoms with Gasteiger partial charge in [-0.1, -0.05) is 13.8 Å². The van der Waals surface area contributed by atoms with Crippen LogP contribution in [0.25, 0.3) is 0 Å². The van der Waals surface area contributed by atoms with Crippen LogP contribution in [0, 0.1) is 5.92 Å². The zero-order chi connectivity index (χ0) is 8.43. The summed E-state index contributed by atoms with van der Waals surface area (Å²) < 4.78 is 0.904. The van der Waals surface area contributed by atoms with Gasteiger partial charge in [0.2, 0.25) is 0 Å². The Kier molecular flexibility index (Phi) is 2.78. The van der Waals surface area contributed by atoms with Crippen molar-refractivity contribution in [2.45, 2.75) is 13.8 Å². The highest BCUT2D eigenvalue weighted by atomic mass is 79.9. The lowest BCUT2D eigenvalue weighted by atomic mass is 10.1. The number of thiazole rings is 1. The summed E-state index contributed by atoms with van der Waals surface area (Å²) in [6, 6.07) is 0. The minimum atomic E-state index is 0.0352. The van der Waals surface area contributed by atoms with Crippen molar-refractivity contribution < 1.29 is 4.79 Å². The van der Waals surface area contributed by atoms with E-state index in [2.05, 4.69) is 20.9 Å². The standard InChI is InChI=1S/C7H8BrNOS/c1-4(2)6(10)7-9-3-5(8)11-7/h3-4H,1-2H3. The topological polar surface area (TPSA) is 30.0 Å². The Balaban J connectivity index is 2.85. The summed E-state index contributed by atoms with van der Waals surface area (Å²) in [5, 5.41) is 0.590. The molecule has 0 spiro atoms. The first-order valence-electron chi connectivity index (χ1n) is 3.27. The Morgan fingerprint density at radius 1 is 1.73 bits per heavy atom. The van der Waals surface area contributed by atoms with Gasteiger partial charge in [0.25, 0.3) is 0 Å². The number of aromatic nitrogens is 1. The molecule has 0 aliphatic rings. The molecule has 0 amide bonds. The average molecular weight is 234 g/mol. The highest BCUT2D eigenvalue weighted by molar-refractivity contribution is 9.11. The van der Waals surface area contributed by atoms with Crippen molar-refractivity contribution >= 4 is 33.0 Å². The lowest BCUT2D eigenvalue weighted by molar-refractivity contribution is 0.0939. The first kappa shape index (κ1) is 8.87. The highest BCUT2D eigenvalue weighted by Gasteiger charge is 2.13. The SMILES string of the molecule is CC(C)C(=O)c1ncc(Br)s1. The molecule has 2 nitrogen and oxygen atoms in total. The van der Waals surface area contributed by atoms with Gasteiger partial charge in [0.1, 0.15) is 0 Å². The summed E-state index contributed by atoms with van der Waals surface area (Å²) in [5.74, 6) is 0.147. The molecule has 0 aliphatic heterocycles. The van der Waals surface area contributed by atoms with Gasteiger partial charge in [0.15, 0.2) is 10.8 Å². The normalized spacial score (nSPS) is 10.5. The molecule has 1 heterocycles. The molecule has 1 aromatic heterocycles. The number of ketones is 1. The van der Waals surface area contributed by atoms with E-state index in [1.54, 1.807) is 6.20 Å². The third-order valence-electron chi connectivity index (χ3n) is 1.21. The number of Topliss-reactive ketones (excluding diaryl/α,β-unsaturated/α-hetero) is 1. The van der Waals surface area contributed by atoms with Crippen molar-refractivity contribution in [1.82, 2.24) is 4.98 Å². The van der Waals surface area contributed by atoms with Gasteiger partial charge < -0.3 is 0 Å². The van der Waals surface area contributed by atoms with Crippen molar-refractivity contribution in [3.63, 3.8) is 0 Å². The molecule has 1 rings (SSSR count). The van der Waals surface area contributed by atoms with E-state index in [-0.39, 0.29) is 11.7 Å². The van der Waals surface area contributed by atoms with Gasteiger partial charge in [-0.05, 0) is 15.9 Å². The number of carbonyl (C=O) groups excluding carboxylic acids is 1. The summed E-state index contributed by atoms with van der Waals surface area (Å²) in [6.07, 6.45) is 1.65. The maximum absolute atomic E-state index is 11.3. The third kappa shape index (κ3) is 2.10. The van der Waals surface area contributed by atoms with Gasteiger partial charge >= 0.3 is 0 Å². The van der Waals surface area contributed by atoms with E-state index in [9.17, 15) is 4.79 Å². The van der Waals surface area contributed by atoms with Crippen LogP contribution in [0.5, 0.6) is 0 Å². The fraction of sp³-hybridized carbons (Fsp3) is 0.429. The van der Waals surface area contributed by atoms with Crippen LogP contribution in [0.3, 0.4) is 0 Å². The lowest BCUT2D eigenvalue weighted by Crippen LogP contribution is -2.06. The molecule has 0 bridgehead atoms. The second-order valence-electron chi connectivity index (χ2n) is 2.49. The molecule has 0 saturated heterocycles. The van der Waals surface area contributed by atoms with Gasteiger partial charge in [0, 0.05) is 5.92 Å². The van der Waals surface area contributed by atoms with E-state index in [0.717, 1.165) is 3.79 Å². The molecule has 0 saturated carbocycles. The molecule has 60 valence electrons. The summed E-state index contributed by atoms with van der Waals surface area (Å²) >= 11 is 4.63. The van der Waals surface area contributed by atoms with Crippen LogP contribution in [0.2, 0.25) is 0 Å². The average Bonchev–Trinajstić information content (AvgIpc) is 2.34. The predicted molar refractivity (Wildman–Crippen MR) is 49.0 cm³/mol. The molecule has 0 fully saturated rings. The quantitative estimate of drug-likeness (QED) is 0.736. The number of halogens is 1. The molecule has 0 aromatic carbocycles. The molecule has 1 aromatic rings. The van der Waals surface area contributed by atoms with Crippen LogP contribution >= 0.6 is 27.3 Å². The molecule has 4 heteroatoms. The summed E-state index contributed by atoms with van der Waals surface area (Å²) in [5.41, 5.74) is 0. The Hall–Kier alpha value is -0.220. The monoisotopic (exact) mass is 233 g/mol. The Bertz CT molecular complexity index is 269. The fourth-order valence-electron chi connectivity index (χ4n) is 0.615. The smallest absolute Gasteiger partial charge is 0.193 e. The molecule has 0 N–H and O–H groups in total. The summed E-state index contributed by atoms with van der Waals surface area (Å²) in [7, 11) is 0. The second-order valence-corrected chi connectivity index (χ2v) is 4.90. The van der Waals surface area contributed by atoms with Gasteiger partial charge in [-0.15, -0.1) is 11.3 Å². The number of nitrogens with zero attached hydrogens (tertiary/aromatic N) is 1. The molecule has 11 heavy (non-hydrogen) atoms.